The first-order valence-corrected chi connectivity index (χ1v) is 10.0. The predicted molar refractivity (Wildman–Crippen MR) is 113 cm³/mol. The van der Waals surface area contributed by atoms with Crippen LogP contribution < -0.4 is 15.9 Å². The van der Waals surface area contributed by atoms with Crippen LogP contribution in [0.25, 0.3) is 5.82 Å². The van der Waals surface area contributed by atoms with Crippen molar-refractivity contribution in [2.24, 2.45) is 5.10 Å². The third-order valence-corrected chi connectivity index (χ3v) is 4.93. The zero-order valence-electron chi connectivity index (χ0n) is 16.8. The van der Waals surface area contributed by atoms with Gasteiger partial charge in [0.25, 0.3) is 5.91 Å². The van der Waals surface area contributed by atoms with Gasteiger partial charge < -0.3 is 5.32 Å². The lowest BCUT2D eigenvalue weighted by molar-refractivity contribution is -0.145. The van der Waals surface area contributed by atoms with E-state index in [4.69, 9.17) is 23.2 Å². The standard InChI is InChI=1S/C18H10Cl2F6N8O/c19-11-5-8(6-27-15(11)34-28-3-4-29-34)31-16(35)9-7-30-33(13(9)18(24,25)26)14-10(17(21,22)23)1-2-12(20)32-14/h1-3,5-7,29H,4H2,(H,31,35). The molecule has 1 amide bonds. The Balaban J connectivity index is 1.72. The molecule has 3 aromatic rings. The van der Waals surface area contributed by atoms with Gasteiger partial charge >= 0.3 is 12.4 Å². The van der Waals surface area contributed by atoms with Crippen molar-refractivity contribution in [1.29, 1.82) is 0 Å². The van der Waals surface area contributed by atoms with Crippen LogP contribution in [0.2, 0.25) is 10.2 Å². The van der Waals surface area contributed by atoms with Crippen molar-refractivity contribution in [3.63, 3.8) is 0 Å². The fourth-order valence-electron chi connectivity index (χ4n) is 3.03. The van der Waals surface area contributed by atoms with E-state index in [1.165, 1.54) is 17.4 Å². The van der Waals surface area contributed by atoms with Gasteiger partial charge in [-0.2, -0.15) is 41.7 Å². The molecule has 9 nitrogen and oxygen atoms in total. The molecule has 2 N–H and O–H groups in total. The normalized spacial score (nSPS) is 14.0. The number of hydrazine groups is 1. The first-order valence-electron chi connectivity index (χ1n) is 9.28. The Morgan fingerprint density at radius 2 is 1.80 bits per heavy atom. The van der Waals surface area contributed by atoms with Crippen LogP contribution in [0.15, 0.2) is 35.7 Å². The average Bonchev–Trinajstić information content (AvgIpc) is 3.43. The summed E-state index contributed by atoms with van der Waals surface area (Å²) in [5.41, 5.74) is -1.68. The number of pyridine rings is 2. The highest BCUT2D eigenvalue weighted by molar-refractivity contribution is 6.33. The molecule has 0 aromatic carbocycles. The number of amides is 1. The molecule has 184 valence electrons. The van der Waals surface area contributed by atoms with Gasteiger partial charge in [-0.15, -0.1) is 0 Å². The first kappa shape index (κ1) is 24.7. The number of carbonyl (C=O) groups excluding carboxylic acids is 1. The molecule has 4 rings (SSSR count). The summed E-state index contributed by atoms with van der Waals surface area (Å²) in [6, 6.07) is 2.43. The highest BCUT2D eigenvalue weighted by atomic mass is 35.5. The van der Waals surface area contributed by atoms with E-state index in [9.17, 15) is 31.1 Å². The number of nitrogens with zero attached hydrogens (tertiary/aromatic N) is 6. The van der Waals surface area contributed by atoms with Crippen LogP contribution >= 0.6 is 23.2 Å². The largest absolute Gasteiger partial charge is 0.434 e. The molecule has 35 heavy (non-hydrogen) atoms. The second-order valence-electron chi connectivity index (χ2n) is 6.77. The molecule has 0 bridgehead atoms. The zero-order chi connectivity index (χ0) is 25.5. The molecule has 1 aliphatic rings. The maximum absolute atomic E-state index is 13.9. The van der Waals surface area contributed by atoms with E-state index in [1.54, 1.807) is 0 Å². The van der Waals surface area contributed by atoms with Crippen LogP contribution in [-0.4, -0.2) is 38.4 Å². The molecule has 4 heterocycles. The minimum absolute atomic E-state index is 0.000892. The number of rotatable bonds is 4. The van der Waals surface area contributed by atoms with Crippen LogP contribution in [0.5, 0.6) is 0 Å². The number of hydrogen-bond acceptors (Lipinski definition) is 7. The van der Waals surface area contributed by atoms with Crippen molar-refractivity contribution < 1.29 is 31.1 Å². The summed E-state index contributed by atoms with van der Waals surface area (Å²) >= 11 is 11.7. The van der Waals surface area contributed by atoms with Crippen molar-refractivity contribution in [1.82, 2.24) is 25.2 Å². The summed E-state index contributed by atoms with van der Waals surface area (Å²) in [4.78, 5) is 20.0. The lowest BCUT2D eigenvalue weighted by atomic mass is 10.2. The molecular formula is C18H10Cl2F6N8O. The topological polar surface area (TPSA) is 100 Å². The predicted octanol–water partition coefficient (Wildman–Crippen LogP) is 4.57. The lowest BCUT2D eigenvalue weighted by Gasteiger charge is -2.16. The maximum atomic E-state index is 13.9. The van der Waals surface area contributed by atoms with Gasteiger partial charge in [-0.25, -0.2) is 20.1 Å². The molecule has 0 fully saturated rings. The van der Waals surface area contributed by atoms with Gasteiger partial charge in [0.2, 0.25) is 0 Å². The minimum atomic E-state index is -5.30. The Bertz CT molecular complexity index is 1320. The van der Waals surface area contributed by atoms with Gasteiger partial charge in [-0.05, 0) is 18.2 Å². The van der Waals surface area contributed by atoms with Crippen LogP contribution in [-0.2, 0) is 12.4 Å². The molecule has 0 spiro atoms. The van der Waals surface area contributed by atoms with Crippen molar-refractivity contribution in [2.45, 2.75) is 12.4 Å². The lowest BCUT2D eigenvalue weighted by Crippen LogP contribution is -2.29. The summed E-state index contributed by atoms with van der Waals surface area (Å²) in [6.45, 7) is 0.415. The van der Waals surface area contributed by atoms with E-state index >= 15 is 0 Å². The summed E-state index contributed by atoms with van der Waals surface area (Å²) in [5.74, 6) is -2.42. The summed E-state index contributed by atoms with van der Waals surface area (Å²) in [6.07, 6.45) is -7.28. The van der Waals surface area contributed by atoms with Crippen molar-refractivity contribution in [3.05, 3.63) is 57.6 Å². The van der Waals surface area contributed by atoms with E-state index in [-0.39, 0.29) is 21.2 Å². The number of hydrazone groups is 1. The van der Waals surface area contributed by atoms with Crippen molar-refractivity contribution in [2.75, 3.05) is 17.0 Å². The van der Waals surface area contributed by atoms with E-state index in [1.807, 2.05) is 0 Å². The first-order chi connectivity index (χ1) is 16.4. The van der Waals surface area contributed by atoms with Gasteiger partial charge in [0.05, 0.1) is 35.2 Å². The highest BCUT2D eigenvalue weighted by Crippen LogP contribution is 2.38. The van der Waals surface area contributed by atoms with Gasteiger partial charge in [-0.3, -0.25) is 4.79 Å². The number of halogens is 8. The average molecular weight is 539 g/mol. The maximum Gasteiger partial charge on any atom is 0.434 e. The van der Waals surface area contributed by atoms with Crippen molar-refractivity contribution in [3.8, 4) is 5.82 Å². The van der Waals surface area contributed by atoms with Crippen LogP contribution in [0.4, 0.5) is 37.8 Å². The Kier molecular flexibility index (Phi) is 6.33. The molecule has 0 saturated heterocycles. The second kappa shape index (κ2) is 8.98. The molecule has 17 heteroatoms. The Hall–Kier alpha value is -3.43. The van der Waals surface area contributed by atoms with Gasteiger partial charge in [0.1, 0.15) is 10.7 Å². The molecule has 0 atom stereocenters. The Morgan fingerprint density at radius 1 is 1.06 bits per heavy atom. The summed E-state index contributed by atoms with van der Waals surface area (Å²) in [7, 11) is 0. The quantitative estimate of drug-likeness (QED) is 0.373. The molecular weight excluding hydrogens is 529 g/mol. The molecule has 0 unspecified atom stereocenters. The van der Waals surface area contributed by atoms with Crippen LogP contribution in [0.1, 0.15) is 21.6 Å². The van der Waals surface area contributed by atoms with E-state index in [0.717, 1.165) is 12.3 Å². The van der Waals surface area contributed by atoms with Crippen LogP contribution in [0, 0.1) is 0 Å². The molecule has 3 aromatic heterocycles. The van der Waals surface area contributed by atoms with Gasteiger partial charge in [-0.1, -0.05) is 23.2 Å². The number of anilines is 2. The number of nitrogens with one attached hydrogen (secondary N) is 2. The third kappa shape index (κ3) is 5.01. The van der Waals surface area contributed by atoms with E-state index < -0.39 is 46.1 Å². The number of alkyl halides is 6. The monoisotopic (exact) mass is 538 g/mol. The Morgan fingerprint density at radius 3 is 2.40 bits per heavy atom. The fourth-order valence-corrected chi connectivity index (χ4v) is 3.42. The van der Waals surface area contributed by atoms with E-state index in [2.05, 4.69) is 30.9 Å². The minimum Gasteiger partial charge on any atom is -0.320 e. The fraction of sp³-hybridized carbons (Fsp3) is 0.167. The molecule has 0 saturated carbocycles. The molecule has 0 radical (unpaired) electrons. The second-order valence-corrected chi connectivity index (χ2v) is 7.57. The molecule has 1 aliphatic heterocycles. The molecule has 0 aliphatic carbocycles. The van der Waals surface area contributed by atoms with Crippen molar-refractivity contribution >= 4 is 46.8 Å². The Labute approximate surface area is 201 Å². The smallest absolute Gasteiger partial charge is 0.320 e. The SMILES string of the molecule is O=C(Nc1cnc(N2N=CCN2)c(Cl)c1)c1cnn(-c2nc(Cl)ccc2C(F)(F)F)c1C(F)(F)F. The highest BCUT2D eigenvalue weighted by Gasteiger charge is 2.43. The number of hydrogen-bond donors (Lipinski definition) is 2. The summed E-state index contributed by atoms with van der Waals surface area (Å²) < 4.78 is 81.8. The number of carbonyl (C=O) groups is 1. The van der Waals surface area contributed by atoms with Gasteiger partial charge in [0, 0.05) is 6.21 Å². The van der Waals surface area contributed by atoms with Crippen LogP contribution in [0.3, 0.4) is 0 Å². The van der Waals surface area contributed by atoms with E-state index in [0.29, 0.717) is 18.8 Å². The van der Waals surface area contributed by atoms with Gasteiger partial charge in [0.15, 0.2) is 17.3 Å². The number of aromatic nitrogens is 4. The summed E-state index contributed by atoms with van der Waals surface area (Å²) in [5, 5.41) is 10.2. The third-order valence-electron chi connectivity index (χ3n) is 4.44. The zero-order valence-corrected chi connectivity index (χ0v) is 18.3.